The minimum atomic E-state index is -3.59. The van der Waals surface area contributed by atoms with Crippen LogP contribution in [0.5, 0.6) is 0 Å². The predicted octanol–water partition coefficient (Wildman–Crippen LogP) is 0.120. The van der Waals surface area contributed by atoms with Gasteiger partial charge in [0, 0.05) is 18.8 Å². The highest BCUT2D eigenvalue weighted by Gasteiger charge is 2.19. The Morgan fingerprint density at radius 2 is 1.75 bits per heavy atom. The average molecular weight is 318 g/mol. The van der Waals surface area contributed by atoms with Crippen molar-refractivity contribution in [2.75, 3.05) is 19.3 Å². The van der Waals surface area contributed by atoms with E-state index in [4.69, 9.17) is 0 Å². The summed E-state index contributed by atoms with van der Waals surface area (Å²) in [5.41, 5.74) is 0. The highest BCUT2D eigenvalue weighted by atomic mass is 32.2. The number of rotatable bonds is 5. The van der Waals surface area contributed by atoms with Gasteiger partial charge in [0.1, 0.15) is 0 Å². The molecule has 0 spiro atoms. The molecular weight excluding hydrogens is 300 g/mol. The van der Waals surface area contributed by atoms with E-state index in [-0.39, 0.29) is 15.8 Å². The van der Waals surface area contributed by atoms with Crippen molar-refractivity contribution in [3.63, 3.8) is 0 Å². The molecule has 0 saturated carbocycles. The van der Waals surface area contributed by atoms with Crippen molar-refractivity contribution in [1.29, 1.82) is 0 Å². The van der Waals surface area contributed by atoms with Gasteiger partial charge < -0.3 is 5.32 Å². The fraction of sp³-hybridized carbons (Fsp3) is 0.500. The van der Waals surface area contributed by atoms with E-state index in [1.165, 1.54) is 24.3 Å². The van der Waals surface area contributed by atoms with Crippen molar-refractivity contribution in [3.8, 4) is 0 Å². The number of nitrogens with one attached hydrogen (secondary N) is 2. The molecule has 20 heavy (non-hydrogen) atoms. The fourth-order valence-corrected chi connectivity index (χ4v) is 3.80. The smallest absolute Gasteiger partial charge is 0.240 e. The second kappa shape index (κ2) is 5.80. The first-order valence-electron chi connectivity index (χ1n) is 6.32. The maximum atomic E-state index is 12.1. The zero-order valence-corrected chi connectivity index (χ0v) is 12.8. The van der Waals surface area contributed by atoms with Crippen molar-refractivity contribution in [2.24, 2.45) is 0 Å². The van der Waals surface area contributed by atoms with Crippen LogP contribution in [0.4, 0.5) is 0 Å². The SMILES string of the molecule is CS(=O)(=O)c1ccc(S(=O)(=O)NC[C@@H]2CCCN2)cc1. The first-order chi connectivity index (χ1) is 9.29. The first-order valence-corrected chi connectivity index (χ1v) is 9.70. The summed E-state index contributed by atoms with van der Waals surface area (Å²) in [6.45, 7) is 1.26. The maximum Gasteiger partial charge on any atom is 0.240 e. The quantitative estimate of drug-likeness (QED) is 0.804. The molecule has 1 fully saturated rings. The molecule has 0 bridgehead atoms. The van der Waals surface area contributed by atoms with Gasteiger partial charge in [-0.1, -0.05) is 0 Å². The number of sulfone groups is 1. The van der Waals surface area contributed by atoms with Gasteiger partial charge in [0.15, 0.2) is 9.84 Å². The van der Waals surface area contributed by atoms with E-state index in [9.17, 15) is 16.8 Å². The summed E-state index contributed by atoms with van der Waals surface area (Å²) < 4.78 is 49.3. The number of hydrogen-bond acceptors (Lipinski definition) is 5. The summed E-state index contributed by atoms with van der Waals surface area (Å²) in [5, 5.41) is 3.20. The predicted molar refractivity (Wildman–Crippen MR) is 75.8 cm³/mol. The molecule has 1 aliphatic rings. The second-order valence-corrected chi connectivity index (χ2v) is 8.67. The average Bonchev–Trinajstić information content (AvgIpc) is 2.89. The van der Waals surface area contributed by atoms with Crippen molar-refractivity contribution >= 4 is 19.9 Å². The summed E-state index contributed by atoms with van der Waals surface area (Å²) in [5.74, 6) is 0. The molecule has 0 aromatic heterocycles. The third-order valence-electron chi connectivity index (χ3n) is 3.24. The Kier molecular flexibility index (Phi) is 4.48. The van der Waals surface area contributed by atoms with Gasteiger partial charge in [-0.25, -0.2) is 21.6 Å². The Morgan fingerprint density at radius 3 is 2.25 bits per heavy atom. The maximum absolute atomic E-state index is 12.1. The van der Waals surface area contributed by atoms with E-state index in [2.05, 4.69) is 10.0 Å². The summed E-state index contributed by atoms with van der Waals surface area (Å²) in [6, 6.07) is 5.39. The van der Waals surface area contributed by atoms with Crippen LogP contribution in [0.2, 0.25) is 0 Å². The number of benzene rings is 1. The van der Waals surface area contributed by atoms with Crippen LogP contribution >= 0.6 is 0 Å². The van der Waals surface area contributed by atoms with Gasteiger partial charge in [-0.3, -0.25) is 0 Å². The molecule has 0 amide bonds. The topological polar surface area (TPSA) is 92.3 Å². The lowest BCUT2D eigenvalue weighted by molar-refractivity contribution is 0.551. The third-order valence-corrected chi connectivity index (χ3v) is 5.81. The number of sulfonamides is 1. The molecule has 1 heterocycles. The fourth-order valence-electron chi connectivity index (χ4n) is 2.09. The van der Waals surface area contributed by atoms with E-state index in [1.54, 1.807) is 0 Å². The van der Waals surface area contributed by atoms with E-state index in [0.717, 1.165) is 25.6 Å². The molecule has 0 radical (unpaired) electrons. The second-order valence-electron chi connectivity index (χ2n) is 4.89. The Hall–Kier alpha value is -0.960. The first kappa shape index (κ1) is 15.4. The Labute approximate surface area is 119 Å². The third kappa shape index (κ3) is 3.78. The van der Waals surface area contributed by atoms with Crippen LogP contribution in [0.15, 0.2) is 34.1 Å². The standard InChI is InChI=1S/C12H18N2O4S2/c1-19(15,16)11-4-6-12(7-5-11)20(17,18)14-9-10-3-2-8-13-10/h4-7,10,13-14H,2-3,8-9H2,1H3/t10-/m0/s1. The molecule has 1 aromatic carbocycles. The molecule has 1 aliphatic heterocycles. The monoisotopic (exact) mass is 318 g/mol. The van der Waals surface area contributed by atoms with E-state index in [0.29, 0.717) is 6.54 Å². The largest absolute Gasteiger partial charge is 0.313 e. The van der Waals surface area contributed by atoms with E-state index < -0.39 is 19.9 Å². The van der Waals surface area contributed by atoms with Gasteiger partial charge in [-0.2, -0.15) is 0 Å². The molecule has 0 aliphatic carbocycles. The van der Waals surface area contributed by atoms with Crippen molar-refractivity contribution in [1.82, 2.24) is 10.0 Å². The van der Waals surface area contributed by atoms with Crippen LogP contribution in [0.3, 0.4) is 0 Å². The molecule has 112 valence electrons. The lowest BCUT2D eigenvalue weighted by Crippen LogP contribution is -2.37. The van der Waals surface area contributed by atoms with Gasteiger partial charge in [-0.15, -0.1) is 0 Å². The van der Waals surface area contributed by atoms with Crippen LogP contribution < -0.4 is 10.0 Å². The Balaban J connectivity index is 2.09. The Bertz CT molecular complexity index is 660. The zero-order chi connectivity index (χ0) is 14.8. The van der Waals surface area contributed by atoms with Gasteiger partial charge in [-0.05, 0) is 43.7 Å². The van der Waals surface area contributed by atoms with Crippen molar-refractivity contribution < 1.29 is 16.8 Å². The molecule has 1 saturated heterocycles. The van der Waals surface area contributed by atoms with Crippen LogP contribution in [0, 0.1) is 0 Å². The Morgan fingerprint density at radius 1 is 1.15 bits per heavy atom. The van der Waals surface area contributed by atoms with Crippen LogP contribution in [-0.4, -0.2) is 42.2 Å². The molecule has 0 unspecified atom stereocenters. The minimum absolute atomic E-state index is 0.0721. The molecule has 2 rings (SSSR count). The minimum Gasteiger partial charge on any atom is -0.313 e. The van der Waals surface area contributed by atoms with Crippen molar-refractivity contribution in [3.05, 3.63) is 24.3 Å². The summed E-state index contributed by atoms with van der Waals surface area (Å²) in [6.07, 6.45) is 3.09. The summed E-state index contributed by atoms with van der Waals surface area (Å²) >= 11 is 0. The van der Waals surface area contributed by atoms with E-state index in [1.807, 2.05) is 0 Å². The van der Waals surface area contributed by atoms with Crippen LogP contribution in [-0.2, 0) is 19.9 Å². The lowest BCUT2D eigenvalue weighted by Gasteiger charge is -2.12. The van der Waals surface area contributed by atoms with E-state index >= 15 is 0 Å². The van der Waals surface area contributed by atoms with Crippen LogP contribution in [0.25, 0.3) is 0 Å². The normalized spacial score (nSPS) is 20.1. The molecular formula is C12H18N2O4S2. The van der Waals surface area contributed by atoms with Gasteiger partial charge in [0.2, 0.25) is 10.0 Å². The summed E-state index contributed by atoms with van der Waals surface area (Å²) in [4.78, 5) is 0.178. The van der Waals surface area contributed by atoms with Crippen LogP contribution in [0.1, 0.15) is 12.8 Å². The van der Waals surface area contributed by atoms with Gasteiger partial charge in [0.05, 0.1) is 9.79 Å². The van der Waals surface area contributed by atoms with Crippen molar-refractivity contribution in [2.45, 2.75) is 28.7 Å². The molecule has 2 N–H and O–H groups in total. The highest BCUT2D eigenvalue weighted by molar-refractivity contribution is 7.90. The molecule has 1 aromatic rings. The van der Waals surface area contributed by atoms with Gasteiger partial charge >= 0.3 is 0 Å². The number of hydrogen-bond donors (Lipinski definition) is 2. The van der Waals surface area contributed by atoms with Gasteiger partial charge in [0.25, 0.3) is 0 Å². The molecule has 1 atom stereocenters. The highest BCUT2D eigenvalue weighted by Crippen LogP contribution is 2.14. The summed E-state index contributed by atoms with van der Waals surface area (Å²) in [7, 11) is -6.91. The molecule has 8 heteroatoms. The lowest BCUT2D eigenvalue weighted by atomic mass is 10.2. The zero-order valence-electron chi connectivity index (χ0n) is 11.2. The molecule has 6 nitrogen and oxygen atoms in total.